The van der Waals surface area contributed by atoms with Gasteiger partial charge in [-0.3, -0.25) is 4.79 Å². The molecule has 0 aliphatic carbocycles. The van der Waals surface area contributed by atoms with Crippen molar-refractivity contribution in [1.29, 1.82) is 0 Å². The van der Waals surface area contributed by atoms with Gasteiger partial charge in [0, 0.05) is 11.1 Å². The minimum Gasteiger partial charge on any atom is -0.481 e. The maximum atomic E-state index is 12.9. The Morgan fingerprint density at radius 3 is 3.00 bits per heavy atom. The lowest BCUT2D eigenvalue weighted by Gasteiger charge is -2.03. The molecule has 4 nitrogen and oxygen atoms in total. The van der Waals surface area contributed by atoms with Crippen LogP contribution in [0.25, 0.3) is 0 Å². The van der Waals surface area contributed by atoms with Gasteiger partial charge in [0.15, 0.2) is 5.13 Å². The van der Waals surface area contributed by atoms with Gasteiger partial charge in [-0.05, 0) is 18.2 Å². The van der Waals surface area contributed by atoms with Crippen LogP contribution in [0, 0.1) is 5.82 Å². The number of benzene rings is 1. The SMILES string of the molecule is O=C(O)Cc1csc(Nc2ccc(F)c(Cl)c2)n1. The first-order valence-electron chi connectivity index (χ1n) is 4.93. The number of rotatable bonds is 4. The van der Waals surface area contributed by atoms with Crippen molar-refractivity contribution in [3.8, 4) is 0 Å². The van der Waals surface area contributed by atoms with Crippen molar-refractivity contribution < 1.29 is 14.3 Å². The Morgan fingerprint density at radius 2 is 2.33 bits per heavy atom. The van der Waals surface area contributed by atoms with Crippen molar-refractivity contribution in [2.45, 2.75) is 6.42 Å². The van der Waals surface area contributed by atoms with Crippen molar-refractivity contribution in [3.05, 3.63) is 40.1 Å². The summed E-state index contributed by atoms with van der Waals surface area (Å²) in [5.41, 5.74) is 1.07. The van der Waals surface area contributed by atoms with E-state index >= 15 is 0 Å². The monoisotopic (exact) mass is 286 g/mol. The molecule has 1 aromatic carbocycles. The molecule has 0 saturated carbocycles. The van der Waals surface area contributed by atoms with E-state index in [1.54, 1.807) is 5.38 Å². The molecule has 2 aromatic rings. The van der Waals surface area contributed by atoms with E-state index in [0.717, 1.165) is 0 Å². The normalized spacial score (nSPS) is 10.3. The number of carboxylic acids is 1. The van der Waals surface area contributed by atoms with E-state index in [2.05, 4.69) is 10.3 Å². The van der Waals surface area contributed by atoms with Gasteiger partial charge < -0.3 is 10.4 Å². The number of hydrogen-bond donors (Lipinski definition) is 2. The molecule has 0 atom stereocenters. The van der Waals surface area contributed by atoms with Crippen molar-refractivity contribution in [2.75, 3.05) is 5.32 Å². The summed E-state index contributed by atoms with van der Waals surface area (Å²) in [6.45, 7) is 0. The van der Waals surface area contributed by atoms with Gasteiger partial charge in [-0.15, -0.1) is 11.3 Å². The van der Waals surface area contributed by atoms with Crippen LogP contribution in [0.2, 0.25) is 5.02 Å². The lowest BCUT2D eigenvalue weighted by atomic mass is 10.3. The first kappa shape index (κ1) is 12.8. The zero-order valence-electron chi connectivity index (χ0n) is 8.98. The number of nitrogens with one attached hydrogen (secondary N) is 1. The lowest BCUT2D eigenvalue weighted by molar-refractivity contribution is -0.136. The summed E-state index contributed by atoms with van der Waals surface area (Å²) in [5, 5.41) is 13.8. The van der Waals surface area contributed by atoms with Gasteiger partial charge in [-0.25, -0.2) is 9.37 Å². The maximum absolute atomic E-state index is 12.9. The highest BCUT2D eigenvalue weighted by Gasteiger charge is 2.07. The van der Waals surface area contributed by atoms with Gasteiger partial charge in [0.05, 0.1) is 17.1 Å². The van der Waals surface area contributed by atoms with Gasteiger partial charge in [0.2, 0.25) is 0 Å². The summed E-state index contributed by atoms with van der Waals surface area (Å²) in [6.07, 6.45) is -0.123. The van der Waals surface area contributed by atoms with Crippen LogP contribution < -0.4 is 5.32 Å². The van der Waals surface area contributed by atoms with Crippen molar-refractivity contribution in [3.63, 3.8) is 0 Å². The molecule has 0 spiro atoms. The number of halogens is 2. The van der Waals surface area contributed by atoms with Crippen LogP contribution in [0.3, 0.4) is 0 Å². The molecule has 7 heteroatoms. The smallest absolute Gasteiger partial charge is 0.309 e. The third kappa shape index (κ3) is 3.18. The Hall–Kier alpha value is -1.66. The third-order valence-electron chi connectivity index (χ3n) is 2.05. The number of thiazole rings is 1. The Labute approximate surface area is 111 Å². The Morgan fingerprint density at radius 1 is 1.56 bits per heavy atom. The highest BCUT2D eigenvalue weighted by atomic mass is 35.5. The van der Waals surface area contributed by atoms with Gasteiger partial charge >= 0.3 is 5.97 Å². The molecule has 2 rings (SSSR count). The molecule has 1 aromatic heterocycles. The van der Waals surface area contributed by atoms with E-state index in [0.29, 0.717) is 16.5 Å². The molecule has 0 fully saturated rings. The number of hydrogen-bond acceptors (Lipinski definition) is 4. The highest BCUT2D eigenvalue weighted by Crippen LogP contribution is 2.24. The summed E-state index contributed by atoms with van der Waals surface area (Å²) in [7, 11) is 0. The molecule has 94 valence electrons. The number of anilines is 2. The molecule has 18 heavy (non-hydrogen) atoms. The number of aliphatic carboxylic acids is 1. The first-order chi connectivity index (χ1) is 8.54. The molecule has 2 N–H and O–H groups in total. The predicted molar refractivity (Wildman–Crippen MR) is 68.1 cm³/mol. The van der Waals surface area contributed by atoms with Gasteiger partial charge in [-0.1, -0.05) is 11.6 Å². The molecule has 0 aliphatic rings. The van der Waals surface area contributed by atoms with Crippen LogP contribution in [0.4, 0.5) is 15.2 Å². The molecule has 0 bridgehead atoms. The fourth-order valence-electron chi connectivity index (χ4n) is 1.30. The molecular formula is C11H8ClFN2O2S. The van der Waals surface area contributed by atoms with E-state index in [-0.39, 0.29) is 11.4 Å². The molecule has 0 radical (unpaired) electrons. The zero-order valence-corrected chi connectivity index (χ0v) is 10.6. The number of carbonyl (C=O) groups is 1. The van der Waals surface area contributed by atoms with Gasteiger partial charge in [0.25, 0.3) is 0 Å². The number of carboxylic acid groups (broad SMARTS) is 1. The van der Waals surface area contributed by atoms with E-state index in [9.17, 15) is 9.18 Å². The van der Waals surface area contributed by atoms with Crippen LogP contribution in [-0.4, -0.2) is 16.1 Å². The standard InChI is InChI=1S/C11H8ClFN2O2S/c12-8-3-6(1-2-9(8)13)14-11-15-7(5-18-11)4-10(16)17/h1-3,5H,4H2,(H,14,15)(H,16,17). The first-order valence-corrected chi connectivity index (χ1v) is 6.18. The second-order valence-corrected chi connectivity index (χ2v) is 4.73. The van der Waals surface area contributed by atoms with Crippen molar-refractivity contribution in [2.24, 2.45) is 0 Å². The largest absolute Gasteiger partial charge is 0.481 e. The molecule has 1 heterocycles. The summed E-state index contributed by atoms with van der Waals surface area (Å²) in [4.78, 5) is 14.6. The maximum Gasteiger partial charge on any atom is 0.309 e. The summed E-state index contributed by atoms with van der Waals surface area (Å²) < 4.78 is 12.9. The van der Waals surface area contributed by atoms with Crippen LogP contribution in [0.5, 0.6) is 0 Å². The molecular weight excluding hydrogens is 279 g/mol. The molecule has 0 aliphatic heterocycles. The number of nitrogens with zero attached hydrogens (tertiary/aromatic N) is 1. The van der Waals surface area contributed by atoms with Crippen LogP contribution in [0.1, 0.15) is 5.69 Å². The highest BCUT2D eigenvalue weighted by molar-refractivity contribution is 7.13. The van der Waals surface area contributed by atoms with E-state index in [1.807, 2.05) is 0 Å². The second-order valence-electron chi connectivity index (χ2n) is 3.47. The topological polar surface area (TPSA) is 62.2 Å². The fraction of sp³-hybridized carbons (Fsp3) is 0.0909. The van der Waals surface area contributed by atoms with Crippen LogP contribution in [0.15, 0.2) is 23.6 Å². The van der Waals surface area contributed by atoms with Gasteiger partial charge in [0.1, 0.15) is 5.82 Å². The molecule has 0 saturated heterocycles. The Balaban J connectivity index is 2.11. The zero-order chi connectivity index (χ0) is 13.1. The fourth-order valence-corrected chi connectivity index (χ4v) is 2.21. The average Bonchev–Trinajstić information content (AvgIpc) is 2.70. The van der Waals surface area contributed by atoms with Gasteiger partial charge in [-0.2, -0.15) is 0 Å². The molecule has 0 amide bonds. The minimum absolute atomic E-state index is 0.0160. The van der Waals surface area contributed by atoms with Crippen molar-refractivity contribution in [1.82, 2.24) is 4.98 Å². The third-order valence-corrected chi connectivity index (χ3v) is 3.15. The quantitative estimate of drug-likeness (QED) is 0.905. The van der Waals surface area contributed by atoms with E-state index in [1.165, 1.54) is 29.5 Å². The Kier molecular flexibility index (Phi) is 3.78. The average molecular weight is 287 g/mol. The van der Waals surface area contributed by atoms with Crippen molar-refractivity contribution >= 4 is 39.7 Å². The van der Waals surface area contributed by atoms with Crippen LogP contribution >= 0.6 is 22.9 Å². The summed E-state index contributed by atoms with van der Waals surface area (Å²) in [6, 6.07) is 4.21. The molecule has 0 unspecified atom stereocenters. The van der Waals surface area contributed by atoms with E-state index in [4.69, 9.17) is 16.7 Å². The Bertz CT molecular complexity index is 588. The summed E-state index contributed by atoms with van der Waals surface area (Å²) in [5.74, 6) is -1.43. The summed E-state index contributed by atoms with van der Waals surface area (Å²) >= 11 is 6.92. The second kappa shape index (κ2) is 5.32. The van der Waals surface area contributed by atoms with E-state index < -0.39 is 11.8 Å². The lowest BCUT2D eigenvalue weighted by Crippen LogP contribution is -2.00. The minimum atomic E-state index is -0.934. The number of aromatic nitrogens is 1. The van der Waals surface area contributed by atoms with Crippen LogP contribution in [-0.2, 0) is 11.2 Å². The predicted octanol–water partition coefficient (Wildman–Crippen LogP) is 3.31.